The maximum atomic E-state index is 11.4. The van der Waals surface area contributed by atoms with Crippen molar-refractivity contribution in [3.63, 3.8) is 0 Å². The third kappa shape index (κ3) is 5.89. The van der Waals surface area contributed by atoms with Crippen LogP contribution in [0, 0.1) is 5.92 Å². The second-order valence-electron chi connectivity index (χ2n) is 4.75. The molecule has 1 aromatic rings. The molecule has 108 valence electrons. The first-order valence-electron chi connectivity index (χ1n) is 6.46. The molecule has 0 aliphatic heterocycles. The Morgan fingerprint density at radius 2 is 2.37 bits per heavy atom. The molecule has 0 aromatic carbocycles. The van der Waals surface area contributed by atoms with Gasteiger partial charge in [-0.3, -0.25) is 4.79 Å². The van der Waals surface area contributed by atoms with Gasteiger partial charge in [-0.15, -0.1) is 22.9 Å². The molecule has 6 heteroatoms. The molecule has 1 unspecified atom stereocenters. The van der Waals surface area contributed by atoms with Crippen molar-refractivity contribution in [2.24, 2.45) is 5.92 Å². The third-order valence-corrected chi connectivity index (χ3v) is 4.18. The number of rotatable bonds is 8. The van der Waals surface area contributed by atoms with Gasteiger partial charge >= 0.3 is 0 Å². The fourth-order valence-electron chi connectivity index (χ4n) is 1.91. The van der Waals surface area contributed by atoms with Crippen molar-refractivity contribution in [2.45, 2.75) is 25.6 Å². The van der Waals surface area contributed by atoms with E-state index in [1.165, 1.54) is 0 Å². The zero-order valence-electron chi connectivity index (χ0n) is 11.8. The van der Waals surface area contributed by atoms with E-state index in [2.05, 4.69) is 15.2 Å². The first-order valence-corrected chi connectivity index (χ1v) is 7.87. The summed E-state index contributed by atoms with van der Waals surface area (Å²) >= 11 is 7.39. The van der Waals surface area contributed by atoms with Gasteiger partial charge in [0, 0.05) is 31.3 Å². The smallest absolute Gasteiger partial charge is 0.223 e. The van der Waals surface area contributed by atoms with Gasteiger partial charge in [0.1, 0.15) is 0 Å². The first kappa shape index (κ1) is 16.4. The Balaban J connectivity index is 2.23. The van der Waals surface area contributed by atoms with Gasteiger partial charge in [0.25, 0.3) is 0 Å². The Labute approximate surface area is 124 Å². The number of alkyl halides is 1. The van der Waals surface area contributed by atoms with Gasteiger partial charge < -0.3 is 10.2 Å². The number of thiazole rings is 1. The van der Waals surface area contributed by atoms with Gasteiger partial charge in [-0.05, 0) is 20.0 Å². The average molecular weight is 304 g/mol. The predicted octanol–water partition coefficient (Wildman–Crippen LogP) is 2.13. The highest BCUT2D eigenvalue weighted by Gasteiger charge is 2.13. The zero-order valence-corrected chi connectivity index (χ0v) is 13.4. The van der Waals surface area contributed by atoms with Crippen molar-refractivity contribution in [3.05, 3.63) is 16.1 Å². The SMILES string of the molecule is CNC(=O)C(C)CN(C)CCCc1nc(CCl)cs1. The fourth-order valence-corrected chi connectivity index (χ4v) is 2.98. The summed E-state index contributed by atoms with van der Waals surface area (Å²) in [6, 6.07) is 0. The molecule has 4 nitrogen and oxygen atoms in total. The largest absolute Gasteiger partial charge is 0.359 e. The van der Waals surface area contributed by atoms with Crippen molar-refractivity contribution in [1.29, 1.82) is 0 Å². The summed E-state index contributed by atoms with van der Waals surface area (Å²) in [4.78, 5) is 18.0. The van der Waals surface area contributed by atoms with Crippen LogP contribution >= 0.6 is 22.9 Å². The summed E-state index contributed by atoms with van der Waals surface area (Å²) in [5, 5.41) is 5.83. The molecule has 0 radical (unpaired) electrons. The first-order chi connectivity index (χ1) is 9.06. The lowest BCUT2D eigenvalue weighted by Crippen LogP contribution is -2.34. The molecule has 0 saturated heterocycles. The molecular weight excluding hydrogens is 282 g/mol. The van der Waals surface area contributed by atoms with Gasteiger partial charge in [-0.2, -0.15) is 0 Å². The van der Waals surface area contributed by atoms with Crippen LogP contribution in [0.5, 0.6) is 0 Å². The number of hydrogen-bond donors (Lipinski definition) is 1. The molecule has 1 N–H and O–H groups in total. The van der Waals surface area contributed by atoms with E-state index in [9.17, 15) is 4.79 Å². The van der Waals surface area contributed by atoms with Gasteiger partial charge in [-0.1, -0.05) is 6.92 Å². The number of amides is 1. The minimum absolute atomic E-state index is 0.0257. The molecule has 0 bridgehead atoms. The summed E-state index contributed by atoms with van der Waals surface area (Å²) in [7, 11) is 3.72. The van der Waals surface area contributed by atoms with Gasteiger partial charge in [0.15, 0.2) is 0 Å². The summed E-state index contributed by atoms with van der Waals surface area (Å²) in [5.41, 5.74) is 0.961. The van der Waals surface area contributed by atoms with Crippen LogP contribution in [0.1, 0.15) is 24.0 Å². The Morgan fingerprint density at radius 1 is 1.63 bits per heavy atom. The number of nitrogens with one attached hydrogen (secondary N) is 1. The van der Waals surface area contributed by atoms with Crippen LogP contribution < -0.4 is 5.32 Å². The second kappa shape index (κ2) is 8.51. The van der Waals surface area contributed by atoms with E-state index in [-0.39, 0.29) is 11.8 Å². The molecule has 1 atom stereocenters. The molecule has 1 amide bonds. The Hall–Kier alpha value is -0.650. The topological polar surface area (TPSA) is 45.2 Å². The highest BCUT2D eigenvalue weighted by molar-refractivity contribution is 7.09. The third-order valence-electron chi connectivity index (χ3n) is 2.95. The molecule has 19 heavy (non-hydrogen) atoms. The average Bonchev–Trinajstić information content (AvgIpc) is 2.85. The van der Waals surface area contributed by atoms with Gasteiger partial charge in [0.2, 0.25) is 5.91 Å². The second-order valence-corrected chi connectivity index (χ2v) is 5.96. The van der Waals surface area contributed by atoms with Gasteiger partial charge in [0.05, 0.1) is 16.6 Å². The van der Waals surface area contributed by atoms with Crippen LogP contribution in [0.15, 0.2) is 5.38 Å². The van der Waals surface area contributed by atoms with Crippen molar-refractivity contribution < 1.29 is 4.79 Å². The molecule has 0 aliphatic rings. The van der Waals surface area contributed by atoms with E-state index in [0.717, 1.165) is 36.6 Å². The van der Waals surface area contributed by atoms with Crippen LogP contribution in [0.3, 0.4) is 0 Å². The van der Waals surface area contributed by atoms with E-state index < -0.39 is 0 Å². The number of halogens is 1. The Bertz CT molecular complexity index is 397. The summed E-state index contributed by atoms with van der Waals surface area (Å²) in [5.74, 6) is 0.608. The quantitative estimate of drug-likeness (QED) is 0.748. The lowest BCUT2D eigenvalue weighted by Gasteiger charge is -2.20. The lowest BCUT2D eigenvalue weighted by molar-refractivity contribution is -0.124. The molecule has 0 fully saturated rings. The number of aryl methyl sites for hydroxylation is 1. The predicted molar refractivity (Wildman–Crippen MR) is 80.7 cm³/mol. The number of hydrogen-bond acceptors (Lipinski definition) is 4. The van der Waals surface area contributed by atoms with Crippen LogP contribution in [0.4, 0.5) is 0 Å². The summed E-state index contributed by atoms with van der Waals surface area (Å²) < 4.78 is 0. The van der Waals surface area contributed by atoms with E-state index in [0.29, 0.717) is 5.88 Å². The van der Waals surface area contributed by atoms with Crippen LogP contribution in [-0.2, 0) is 17.1 Å². The van der Waals surface area contributed by atoms with Crippen molar-refractivity contribution in [1.82, 2.24) is 15.2 Å². The summed E-state index contributed by atoms with van der Waals surface area (Å²) in [6.07, 6.45) is 2.02. The minimum Gasteiger partial charge on any atom is -0.359 e. The molecule has 1 aromatic heterocycles. The van der Waals surface area contributed by atoms with Crippen molar-refractivity contribution in [2.75, 3.05) is 27.2 Å². The molecule has 0 aliphatic carbocycles. The molecule has 1 rings (SSSR count). The number of carbonyl (C=O) groups is 1. The van der Waals surface area contributed by atoms with Crippen molar-refractivity contribution in [3.8, 4) is 0 Å². The zero-order chi connectivity index (χ0) is 14.3. The summed E-state index contributed by atoms with van der Waals surface area (Å²) in [6.45, 7) is 3.70. The number of nitrogens with zero attached hydrogens (tertiary/aromatic N) is 2. The highest BCUT2D eigenvalue weighted by atomic mass is 35.5. The standard InChI is InChI=1S/C13H22ClN3OS/c1-10(13(18)15-2)8-17(3)6-4-5-12-16-11(7-14)9-19-12/h9-10H,4-8H2,1-3H3,(H,15,18). The Kier molecular flexibility index (Phi) is 7.34. The van der Waals surface area contributed by atoms with Crippen LogP contribution in [0.2, 0.25) is 0 Å². The monoisotopic (exact) mass is 303 g/mol. The van der Waals surface area contributed by atoms with E-state index >= 15 is 0 Å². The highest BCUT2D eigenvalue weighted by Crippen LogP contribution is 2.13. The molecular formula is C13H22ClN3OS. The fraction of sp³-hybridized carbons (Fsp3) is 0.692. The minimum atomic E-state index is 0.0257. The molecule has 1 heterocycles. The van der Waals surface area contributed by atoms with Crippen molar-refractivity contribution >= 4 is 28.8 Å². The van der Waals surface area contributed by atoms with Gasteiger partial charge in [-0.25, -0.2) is 4.98 Å². The molecule has 0 saturated carbocycles. The Morgan fingerprint density at radius 3 is 2.95 bits per heavy atom. The van der Waals surface area contributed by atoms with E-state index in [4.69, 9.17) is 11.6 Å². The number of aromatic nitrogens is 1. The van der Waals surface area contributed by atoms with E-state index in [1.807, 2.05) is 19.4 Å². The maximum Gasteiger partial charge on any atom is 0.223 e. The maximum absolute atomic E-state index is 11.4. The normalized spacial score (nSPS) is 12.7. The van der Waals surface area contributed by atoms with Crippen LogP contribution in [0.25, 0.3) is 0 Å². The van der Waals surface area contributed by atoms with Crippen LogP contribution in [-0.4, -0.2) is 43.0 Å². The van der Waals surface area contributed by atoms with E-state index in [1.54, 1.807) is 18.4 Å². The lowest BCUT2D eigenvalue weighted by atomic mass is 10.1. The number of carbonyl (C=O) groups excluding carboxylic acids is 1. The molecule has 0 spiro atoms.